The number of halogens is 3. The standard InChI is InChI=1S/C10H8F3N3/c1-2-8-3-9-7(4-14-8)5-15-16(9)6-10(11,12)13/h2-5H,1,6H2. The molecule has 2 aromatic rings. The smallest absolute Gasteiger partial charge is 0.256 e. The molecule has 0 amide bonds. The third-order valence-corrected chi connectivity index (χ3v) is 2.09. The van der Waals surface area contributed by atoms with Crippen molar-refractivity contribution in [3.63, 3.8) is 0 Å². The molecule has 0 aliphatic rings. The summed E-state index contributed by atoms with van der Waals surface area (Å²) in [4.78, 5) is 3.98. The van der Waals surface area contributed by atoms with Crippen LogP contribution in [0.2, 0.25) is 0 Å². The fourth-order valence-corrected chi connectivity index (χ4v) is 1.40. The second-order valence-electron chi connectivity index (χ2n) is 3.29. The molecule has 0 atom stereocenters. The molecule has 2 heterocycles. The van der Waals surface area contributed by atoms with Crippen molar-refractivity contribution in [2.75, 3.05) is 0 Å². The van der Waals surface area contributed by atoms with Crippen LogP contribution in [0.5, 0.6) is 0 Å². The van der Waals surface area contributed by atoms with Gasteiger partial charge in [-0.1, -0.05) is 6.58 Å². The Bertz CT molecular complexity index is 528. The molecule has 0 spiro atoms. The van der Waals surface area contributed by atoms with E-state index in [0.29, 0.717) is 16.6 Å². The summed E-state index contributed by atoms with van der Waals surface area (Å²) in [5.74, 6) is 0. The molecule has 0 fully saturated rings. The zero-order chi connectivity index (χ0) is 11.8. The van der Waals surface area contributed by atoms with E-state index in [1.54, 1.807) is 0 Å². The molecule has 0 saturated carbocycles. The summed E-state index contributed by atoms with van der Waals surface area (Å²) in [7, 11) is 0. The molecule has 2 rings (SSSR count). The molecule has 0 unspecified atom stereocenters. The fourth-order valence-electron chi connectivity index (χ4n) is 1.40. The monoisotopic (exact) mass is 227 g/mol. The summed E-state index contributed by atoms with van der Waals surface area (Å²) in [6.07, 6.45) is 0.0358. The van der Waals surface area contributed by atoms with Crippen LogP contribution in [0.1, 0.15) is 5.69 Å². The van der Waals surface area contributed by atoms with Crippen LogP contribution in [-0.2, 0) is 6.54 Å². The first-order chi connectivity index (χ1) is 7.49. The number of nitrogens with zero attached hydrogens (tertiary/aromatic N) is 3. The van der Waals surface area contributed by atoms with Crippen molar-refractivity contribution in [2.45, 2.75) is 12.7 Å². The van der Waals surface area contributed by atoms with Crippen LogP contribution in [0, 0.1) is 0 Å². The normalized spacial score (nSPS) is 11.9. The summed E-state index contributed by atoms with van der Waals surface area (Å²) >= 11 is 0. The van der Waals surface area contributed by atoms with E-state index in [-0.39, 0.29) is 0 Å². The van der Waals surface area contributed by atoms with Crippen molar-refractivity contribution in [2.24, 2.45) is 0 Å². The van der Waals surface area contributed by atoms with Gasteiger partial charge in [0.1, 0.15) is 6.54 Å². The van der Waals surface area contributed by atoms with Gasteiger partial charge >= 0.3 is 6.18 Å². The van der Waals surface area contributed by atoms with Crippen LogP contribution in [0.4, 0.5) is 13.2 Å². The molecular weight excluding hydrogens is 219 g/mol. The third-order valence-electron chi connectivity index (χ3n) is 2.09. The summed E-state index contributed by atoms with van der Waals surface area (Å²) in [5, 5.41) is 4.26. The summed E-state index contributed by atoms with van der Waals surface area (Å²) in [6, 6.07) is 1.53. The molecule has 0 aliphatic heterocycles. The minimum atomic E-state index is -4.28. The lowest BCUT2D eigenvalue weighted by atomic mass is 10.3. The third kappa shape index (κ3) is 2.05. The molecule has 3 nitrogen and oxygen atoms in total. The lowest BCUT2D eigenvalue weighted by molar-refractivity contribution is -0.141. The number of aromatic nitrogens is 3. The molecule has 2 aromatic heterocycles. The number of rotatable bonds is 2. The molecule has 0 aromatic carbocycles. The van der Waals surface area contributed by atoms with Gasteiger partial charge in [-0.2, -0.15) is 18.3 Å². The van der Waals surface area contributed by atoms with Crippen molar-refractivity contribution in [1.29, 1.82) is 0 Å². The average molecular weight is 227 g/mol. The zero-order valence-electron chi connectivity index (χ0n) is 8.20. The minimum absolute atomic E-state index is 0.405. The van der Waals surface area contributed by atoms with E-state index in [1.165, 1.54) is 24.5 Å². The summed E-state index contributed by atoms with van der Waals surface area (Å²) < 4.78 is 37.6. The maximum Gasteiger partial charge on any atom is 0.408 e. The Morgan fingerprint density at radius 3 is 2.75 bits per heavy atom. The van der Waals surface area contributed by atoms with Gasteiger partial charge in [-0.3, -0.25) is 9.67 Å². The van der Waals surface area contributed by atoms with Crippen LogP contribution in [0.25, 0.3) is 17.0 Å². The maximum absolute atomic E-state index is 12.2. The topological polar surface area (TPSA) is 30.7 Å². The number of pyridine rings is 1. The molecule has 0 aliphatic carbocycles. The Balaban J connectivity index is 2.50. The van der Waals surface area contributed by atoms with Crippen molar-refractivity contribution in [3.8, 4) is 0 Å². The van der Waals surface area contributed by atoms with Gasteiger partial charge in [0.15, 0.2) is 0 Å². The van der Waals surface area contributed by atoms with Crippen molar-refractivity contribution >= 4 is 17.0 Å². The molecule has 16 heavy (non-hydrogen) atoms. The molecule has 6 heteroatoms. The first kappa shape index (κ1) is 10.7. The van der Waals surface area contributed by atoms with Crippen molar-refractivity contribution < 1.29 is 13.2 Å². The number of hydrogen-bond donors (Lipinski definition) is 0. The van der Waals surface area contributed by atoms with Gasteiger partial charge in [-0.15, -0.1) is 0 Å². The van der Waals surface area contributed by atoms with Gasteiger partial charge in [0.2, 0.25) is 0 Å². The predicted octanol–water partition coefficient (Wildman–Crippen LogP) is 2.64. The van der Waals surface area contributed by atoms with E-state index in [0.717, 1.165) is 4.68 Å². The highest BCUT2D eigenvalue weighted by atomic mass is 19.4. The highest BCUT2D eigenvalue weighted by Gasteiger charge is 2.29. The first-order valence-corrected chi connectivity index (χ1v) is 4.50. The average Bonchev–Trinajstić information content (AvgIpc) is 2.58. The van der Waals surface area contributed by atoms with Gasteiger partial charge < -0.3 is 0 Å². The number of alkyl halides is 3. The largest absolute Gasteiger partial charge is 0.408 e. The quantitative estimate of drug-likeness (QED) is 0.789. The van der Waals surface area contributed by atoms with Crippen LogP contribution in [-0.4, -0.2) is 20.9 Å². The highest BCUT2D eigenvalue weighted by molar-refractivity contribution is 5.79. The fraction of sp³-hybridized carbons (Fsp3) is 0.200. The van der Waals surface area contributed by atoms with Gasteiger partial charge in [0.25, 0.3) is 0 Å². The van der Waals surface area contributed by atoms with Crippen molar-refractivity contribution in [3.05, 3.63) is 30.7 Å². The van der Waals surface area contributed by atoms with Gasteiger partial charge in [0.05, 0.1) is 17.4 Å². The molecule has 84 valence electrons. The number of hydrogen-bond acceptors (Lipinski definition) is 2. The van der Waals surface area contributed by atoms with Gasteiger partial charge in [0, 0.05) is 11.6 Å². The van der Waals surface area contributed by atoms with E-state index in [4.69, 9.17) is 0 Å². The van der Waals surface area contributed by atoms with E-state index >= 15 is 0 Å². The Kier molecular flexibility index (Phi) is 2.41. The summed E-state index contributed by atoms with van der Waals surface area (Å²) in [6.45, 7) is 2.41. The number of fused-ring (bicyclic) bond motifs is 1. The lowest BCUT2D eigenvalue weighted by Crippen LogP contribution is -2.18. The minimum Gasteiger partial charge on any atom is -0.256 e. The van der Waals surface area contributed by atoms with E-state index in [9.17, 15) is 13.2 Å². The van der Waals surface area contributed by atoms with E-state index in [1.807, 2.05) is 0 Å². The lowest BCUT2D eigenvalue weighted by Gasteiger charge is -2.07. The second kappa shape index (κ2) is 3.62. The first-order valence-electron chi connectivity index (χ1n) is 4.50. The highest BCUT2D eigenvalue weighted by Crippen LogP contribution is 2.21. The Morgan fingerprint density at radius 1 is 1.38 bits per heavy atom. The van der Waals surface area contributed by atoms with E-state index in [2.05, 4.69) is 16.7 Å². The SMILES string of the molecule is C=Cc1cc2c(cn1)cnn2CC(F)(F)F. The van der Waals surface area contributed by atoms with E-state index < -0.39 is 12.7 Å². The van der Waals surface area contributed by atoms with Crippen LogP contribution >= 0.6 is 0 Å². The molecule has 0 bridgehead atoms. The maximum atomic E-state index is 12.2. The Labute approximate surface area is 89.2 Å². The van der Waals surface area contributed by atoms with Gasteiger partial charge in [-0.25, -0.2) is 0 Å². The molecule has 0 N–H and O–H groups in total. The van der Waals surface area contributed by atoms with Gasteiger partial charge in [-0.05, 0) is 12.1 Å². The van der Waals surface area contributed by atoms with Crippen molar-refractivity contribution in [1.82, 2.24) is 14.8 Å². The summed E-state index contributed by atoms with van der Waals surface area (Å²) in [5.41, 5.74) is 0.929. The second-order valence-corrected chi connectivity index (χ2v) is 3.29. The van der Waals surface area contributed by atoms with Crippen LogP contribution < -0.4 is 0 Å². The Morgan fingerprint density at radius 2 is 2.12 bits per heavy atom. The molecule has 0 saturated heterocycles. The van der Waals surface area contributed by atoms with Crippen LogP contribution in [0.15, 0.2) is 25.0 Å². The Hall–Kier alpha value is -1.85. The predicted molar refractivity (Wildman–Crippen MR) is 53.7 cm³/mol. The molecule has 0 radical (unpaired) electrons. The molecular formula is C10H8F3N3. The zero-order valence-corrected chi connectivity index (χ0v) is 8.20. The van der Waals surface area contributed by atoms with Crippen LogP contribution in [0.3, 0.4) is 0 Å².